The van der Waals surface area contributed by atoms with Crippen LogP contribution in [0.25, 0.3) is 0 Å². The van der Waals surface area contributed by atoms with Gasteiger partial charge in [-0.2, -0.15) is 0 Å². The van der Waals surface area contributed by atoms with Gasteiger partial charge in [0.25, 0.3) is 0 Å². The van der Waals surface area contributed by atoms with Crippen LogP contribution in [0, 0.1) is 0 Å². The van der Waals surface area contributed by atoms with E-state index in [0.29, 0.717) is 0 Å². The molecule has 0 aliphatic heterocycles. The van der Waals surface area contributed by atoms with Gasteiger partial charge in [-0.05, 0) is 20.0 Å². The van der Waals surface area contributed by atoms with Crippen LogP contribution in [-0.4, -0.2) is 30.9 Å². The van der Waals surface area contributed by atoms with Gasteiger partial charge >= 0.3 is 0 Å². The molecule has 0 fully saturated rings. The molecule has 0 atom stereocenters. The molecule has 0 aliphatic rings. The van der Waals surface area contributed by atoms with Crippen LogP contribution in [0.4, 0.5) is 0 Å². The Kier molecular flexibility index (Phi) is 10.5. The predicted molar refractivity (Wildman–Crippen MR) is 61.6 cm³/mol. The molecule has 0 heterocycles. The monoisotopic (exact) mass is 205 g/mol. The summed E-state index contributed by atoms with van der Waals surface area (Å²) >= 11 is 5.64. The number of halogens is 1. The van der Waals surface area contributed by atoms with Crippen LogP contribution in [0.1, 0.15) is 45.4 Å². The van der Waals surface area contributed by atoms with Crippen LogP contribution < -0.4 is 0 Å². The van der Waals surface area contributed by atoms with Crippen molar-refractivity contribution >= 4 is 11.6 Å². The minimum Gasteiger partial charge on any atom is -0.305 e. The van der Waals surface area contributed by atoms with Gasteiger partial charge in [0.05, 0.1) is 0 Å². The molecule has 13 heavy (non-hydrogen) atoms. The Hall–Kier alpha value is 0.250. The third kappa shape index (κ3) is 10.2. The molecule has 0 N–H and O–H groups in total. The van der Waals surface area contributed by atoms with Crippen LogP contribution in [-0.2, 0) is 0 Å². The lowest BCUT2D eigenvalue weighted by Gasteiger charge is -2.14. The van der Waals surface area contributed by atoms with E-state index in [0.717, 1.165) is 12.4 Å². The van der Waals surface area contributed by atoms with Gasteiger partial charge in [-0.25, -0.2) is 0 Å². The van der Waals surface area contributed by atoms with Gasteiger partial charge in [-0.3, -0.25) is 0 Å². The third-order valence-corrected chi connectivity index (χ3v) is 2.53. The normalized spacial score (nSPS) is 11.1. The molecule has 0 saturated heterocycles. The third-order valence-electron chi connectivity index (χ3n) is 2.36. The molecule has 0 aliphatic carbocycles. The second kappa shape index (κ2) is 10.3. The zero-order valence-corrected chi connectivity index (χ0v) is 9.95. The van der Waals surface area contributed by atoms with Gasteiger partial charge in [0.2, 0.25) is 0 Å². The molecule has 80 valence electrons. The summed E-state index contributed by atoms with van der Waals surface area (Å²) in [5.74, 6) is 0.756. The fourth-order valence-electron chi connectivity index (χ4n) is 1.42. The van der Waals surface area contributed by atoms with E-state index in [1.165, 1.54) is 45.1 Å². The highest BCUT2D eigenvalue weighted by Crippen LogP contribution is 2.05. The summed E-state index contributed by atoms with van der Waals surface area (Å²) in [5, 5.41) is 0. The maximum absolute atomic E-state index is 5.64. The molecule has 2 heteroatoms. The van der Waals surface area contributed by atoms with Gasteiger partial charge in [0.15, 0.2) is 0 Å². The summed E-state index contributed by atoms with van der Waals surface area (Å²) < 4.78 is 0. The smallest absolute Gasteiger partial charge is 0.0351 e. The molecule has 0 spiro atoms. The van der Waals surface area contributed by atoms with E-state index in [-0.39, 0.29) is 0 Å². The molecule has 0 aromatic heterocycles. The second-order valence-corrected chi connectivity index (χ2v) is 4.14. The van der Waals surface area contributed by atoms with Crippen molar-refractivity contribution in [2.45, 2.75) is 45.4 Å². The van der Waals surface area contributed by atoms with E-state index in [2.05, 4.69) is 18.9 Å². The van der Waals surface area contributed by atoms with Crippen LogP contribution in [0.15, 0.2) is 0 Å². The number of rotatable bonds is 9. The second-order valence-electron chi connectivity index (χ2n) is 3.76. The zero-order valence-electron chi connectivity index (χ0n) is 9.19. The Morgan fingerprint density at radius 2 is 1.54 bits per heavy atom. The highest BCUT2D eigenvalue weighted by Gasteiger charge is 1.96. The SMILES string of the molecule is CCCCCCCCN(C)CCCl. The predicted octanol–water partition coefficient (Wildman–Crippen LogP) is 3.52. The fraction of sp³-hybridized carbons (Fsp3) is 1.00. The average Bonchev–Trinajstić information content (AvgIpc) is 2.11. The number of unbranched alkanes of at least 4 members (excludes halogenated alkanes) is 5. The first-order valence-corrected chi connectivity index (χ1v) is 6.09. The maximum atomic E-state index is 5.64. The van der Waals surface area contributed by atoms with Gasteiger partial charge in [0, 0.05) is 12.4 Å². The summed E-state index contributed by atoms with van der Waals surface area (Å²) in [5.41, 5.74) is 0. The highest BCUT2D eigenvalue weighted by atomic mass is 35.5. The molecule has 0 rings (SSSR count). The van der Waals surface area contributed by atoms with Crippen molar-refractivity contribution in [3.05, 3.63) is 0 Å². The Labute approximate surface area is 88.5 Å². The van der Waals surface area contributed by atoms with Crippen molar-refractivity contribution in [2.24, 2.45) is 0 Å². The molecule has 0 unspecified atom stereocenters. The maximum Gasteiger partial charge on any atom is 0.0351 e. The molecular formula is C11H24ClN. The Bertz CT molecular complexity index is 96.1. The topological polar surface area (TPSA) is 3.24 Å². The minimum atomic E-state index is 0.756. The summed E-state index contributed by atoms with van der Waals surface area (Å²) in [6.45, 7) is 4.49. The minimum absolute atomic E-state index is 0.756. The number of hydrogen-bond donors (Lipinski definition) is 0. The number of alkyl halides is 1. The summed E-state index contributed by atoms with van der Waals surface area (Å²) in [6, 6.07) is 0. The van der Waals surface area contributed by atoms with E-state index in [9.17, 15) is 0 Å². The zero-order chi connectivity index (χ0) is 9.94. The van der Waals surface area contributed by atoms with E-state index < -0.39 is 0 Å². The van der Waals surface area contributed by atoms with Crippen LogP contribution in [0.2, 0.25) is 0 Å². The molecule has 0 amide bonds. The lowest BCUT2D eigenvalue weighted by molar-refractivity contribution is 0.342. The fourth-order valence-corrected chi connectivity index (χ4v) is 1.71. The lowest BCUT2D eigenvalue weighted by Crippen LogP contribution is -2.21. The Balaban J connectivity index is 2.97. The first kappa shape index (κ1) is 13.2. The molecule has 0 aromatic carbocycles. The largest absolute Gasteiger partial charge is 0.305 e. The highest BCUT2D eigenvalue weighted by molar-refractivity contribution is 6.18. The van der Waals surface area contributed by atoms with Gasteiger partial charge < -0.3 is 4.90 Å². The van der Waals surface area contributed by atoms with Gasteiger partial charge in [0.1, 0.15) is 0 Å². The van der Waals surface area contributed by atoms with Crippen molar-refractivity contribution in [1.29, 1.82) is 0 Å². The van der Waals surface area contributed by atoms with Gasteiger partial charge in [-0.1, -0.05) is 39.0 Å². The first-order chi connectivity index (χ1) is 6.31. The quantitative estimate of drug-likeness (QED) is 0.411. The Morgan fingerprint density at radius 1 is 0.923 bits per heavy atom. The molecule has 0 saturated carbocycles. The molecular weight excluding hydrogens is 182 g/mol. The van der Waals surface area contributed by atoms with E-state index in [4.69, 9.17) is 11.6 Å². The Morgan fingerprint density at radius 3 is 2.15 bits per heavy atom. The molecule has 0 radical (unpaired) electrons. The van der Waals surface area contributed by atoms with Crippen LogP contribution in [0.3, 0.4) is 0 Å². The van der Waals surface area contributed by atoms with Crippen molar-refractivity contribution in [3.63, 3.8) is 0 Å². The van der Waals surface area contributed by atoms with Crippen LogP contribution >= 0.6 is 11.6 Å². The van der Waals surface area contributed by atoms with Crippen molar-refractivity contribution in [3.8, 4) is 0 Å². The standard InChI is InChI=1S/C11H24ClN/c1-3-4-5-6-7-8-10-13(2)11-9-12/h3-11H2,1-2H3. The van der Waals surface area contributed by atoms with E-state index in [1.54, 1.807) is 0 Å². The van der Waals surface area contributed by atoms with E-state index >= 15 is 0 Å². The summed E-state index contributed by atoms with van der Waals surface area (Å²) in [4.78, 5) is 2.31. The number of nitrogens with zero attached hydrogens (tertiary/aromatic N) is 1. The number of hydrogen-bond acceptors (Lipinski definition) is 1. The molecule has 0 aromatic rings. The summed E-state index contributed by atoms with van der Waals surface area (Å²) in [6.07, 6.45) is 8.27. The van der Waals surface area contributed by atoms with Crippen molar-refractivity contribution < 1.29 is 0 Å². The van der Waals surface area contributed by atoms with Gasteiger partial charge in [-0.15, -0.1) is 11.6 Å². The van der Waals surface area contributed by atoms with Crippen molar-refractivity contribution in [1.82, 2.24) is 4.90 Å². The van der Waals surface area contributed by atoms with Crippen molar-refractivity contribution in [2.75, 3.05) is 26.0 Å². The lowest BCUT2D eigenvalue weighted by atomic mass is 10.1. The first-order valence-electron chi connectivity index (χ1n) is 5.55. The summed E-state index contributed by atoms with van der Waals surface area (Å²) in [7, 11) is 2.15. The molecule has 1 nitrogen and oxygen atoms in total. The molecule has 0 bridgehead atoms. The van der Waals surface area contributed by atoms with Crippen LogP contribution in [0.5, 0.6) is 0 Å². The van der Waals surface area contributed by atoms with E-state index in [1.807, 2.05) is 0 Å². The average molecular weight is 206 g/mol.